The summed E-state index contributed by atoms with van der Waals surface area (Å²) < 4.78 is 0. The number of aromatic nitrogens is 2. The van der Waals surface area contributed by atoms with Crippen LogP contribution in [0.3, 0.4) is 0 Å². The Morgan fingerprint density at radius 2 is 2.33 bits per heavy atom. The van der Waals surface area contributed by atoms with E-state index in [0.717, 1.165) is 16.3 Å². The lowest BCUT2D eigenvalue weighted by molar-refractivity contribution is 0.682. The number of thiazole rings is 1. The maximum absolute atomic E-state index is 4.49. The lowest BCUT2D eigenvalue weighted by atomic mass is 10.1. The highest BCUT2D eigenvalue weighted by Crippen LogP contribution is 2.23. The summed E-state index contributed by atoms with van der Waals surface area (Å²) in [6.07, 6.45) is 3.65. The summed E-state index contributed by atoms with van der Waals surface area (Å²) in [4.78, 5) is 8.61. The molecule has 2 heterocycles. The van der Waals surface area contributed by atoms with Crippen LogP contribution >= 0.6 is 11.3 Å². The average molecular weight is 219 g/mol. The molecule has 1 atom stereocenters. The van der Waals surface area contributed by atoms with E-state index in [9.17, 15) is 0 Å². The van der Waals surface area contributed by atoms with Gasteiger partial charge in [0.1, 0.15) is 5.01 Å². The predicted molar refractivity (Wildman–Crippen MR) is 62.0 cm³/mol. The second-order valence-electron chi connectivity index (χ2n) is 3.34. The number of pyridine rings is 1. The van der Waals surface area contributed by atoms with Gasteiger partial charge in [-0.25, -0.2) is 4.98 Å². The number of nitrogens with one attached hydrogen (secondary N) is 1. The largest absolute Gasteiger partial charge is 0.307 e. The van der Waals surface area contributed by atoms with Gasteiger partial charge in [-0.1, -0.05) is 6.07 Å². The van der Waals surface area contributed by atoms with Crippen molar-refractivity contribution in [1.82, 2.24) is 15.3 Å². The standard InChI is InChI=1S/C11H13N3S/c1-8-7-15-11(14-8)10(12-2)9-4-3-5-13-6-9/h3-7,10,12H,1-2H3. The van der Waals surface area contributed by atoms with Crippen LogP contribution < -0.4 is 5.32 Å². The highest BCUT2D eigenvalue weighted by atomic mass is 32.1. The molecule has 0 amide bonds. The van der Waals surface area contributed by atoms with Gasteiger partial charge in [0, 0.05) is 23.5 Å². The Morgan fingerprint density at radius 1 is 1.47 bits per heavy atom. The molecule has 0 aromatic carbocycles. The SMILES string of the molecule is CNC(c1cccnc1)c1nc(C)cs1. The first-order valence-electron chi connectivity index (χ1n) is 4.80. The smallest absolute Gasteiger partial charge is 0.114 e. The van der Waals surface area contributed by atoms with E-state index in [1.165, 1.54) is 0 Å². The van der Waals surface area contributed by atoms with Gasteiger partial charge in [-0.3, -0.25) is 4.98 Å². The normalized spacial score (nSPS) is 12.7. The molecule has 0 aliphatic rings. The summed E-state index contributed by atoms with van der Waals surface area (Å²) in [7, 11) is 1.94. The zero-order valence-corrected chi connectivity index (χ0v) is 9.58. The molecule has 3 nitrogen and oxygen atoms in total. The van der Waals surface area contributed by atoms with E-state index in [1.807, 2.05) is 26.2 Å². The van der Waals surface area contributed by atoms with Crippen molar-refractivity contribution in [2.45, 2.75) is 13.0 Å². The molecule has 0 fully saturated rings. The first-order valence-corrected chi connectivity index (χ1v) is 5.68. The van der Waals surface area contributed by atoms with Gasteiger partial charge in [0.15, 0.2) is 0 Å². The van der Waals surface area contributed by atoms with E-state index >= 15 is 0 Å². The summed E-state index contributed by atoms with van der Waals surface area (Å²) in [6.45, 7) is 2.01. The Labute approximate surface area is 93.2 Å². The van der Waals surface area contributed by atoms with Gasteiger partial charge >= 0.3 is 0 Å². The molecule has 0 bridgehead atoms. The van der Waals surface area contributed by atoms with Crippen molar-refractivity contribution in [3.63, 3.8) is 0 Å². The van der Waals surface area contributed by atoms with Crippen LogP contribution in [0.15, 0.2) is 29.9 Å². The molecule has 0 saturated heterocycles. The van der Waals surface area contributed by atoms with Crippen molar-refractivity contribution >= 4 is 11.3 Å². The number of hydrogen-bond acceptors (Lipinski definition) is 4. The molecule has 0 saturated carbocycles. The maximum Gasteiger partial charge on any atom is 0.114 e. The molecule has 0 radical (unpaired) electrons. The van der Waals surface area contributed by atoms with Gasteiger partial charge in [0.2, 0.25) is 0 Å². The van der Waals surface area contributed by atoms with Gasteiger partial charge < -0.3 is 5.32 Å². The fourth-order valence-corrected chi connectivity index (χ4v) is 2.41. The molecule has 2 aromatic rings. The van der Waals surface area contributed by atoms with E-state index < -0.39 is 0 Å². The molecule has 0 spiro atoms. The summed E-state index contributed by atoms with van der Waals surface area (Å²) in [6, 6.07) is 4.16. The van der Waals surface area contributed by atoms with E-state index in [2.05, 4.69) is 26.7 Å². The lowest BCUT2D eigenvalue weighted by Crippen LogP contribution is -2.17. The fourth-order valence-electron chi connectivity index (χ4n) is 1.48. The summed E-state index contributed by atoms with van der Waals surface area (Å²) >= 11 is 1.68. The molecule has 2 aromatic heterocycles. The molecule has 1 N–H and O–H groups in total. The highest BCUT2D eigenvalue weighted by Gasteiger charge is 2.14. The zero-order valence-electron chi connectivity index (χ0n) is 8.77. The Balaban J connectivity index is 2.33. The van der Waals surface area contributed by atoms with E-state index in [4.69, 9.17) is 0 Å². The summed E-state index contributed by atoms with van der Waals surface area (Å²) in [5.41, 5.74) is 2.22. The van der Waals surface area contributed by atoms with Crippen LogP contribution in [0.1, 0.15) is 22.3 Å². The van der Waals surface area contributed by atoms with Crippen molar-refractivity contribution in [2.24, 2.45) is 0 Å². The molecule has 2 rings (SSSR count). The first-order chi connectivity index (χ1) is 7.31. The molecular weight excluding hydrogens is 206 g/mol. The minimum absolute atomic E-state index is 0.150. The fraction of sp³-hybridized carbons (Fsp3) is 0.273. The number of nitrogens with zero attached hydrogens (tertiary/aromatic N) is 2. The minimum atomic E-state index is 0.150. The van der Waals surface area contributed by atoms with E-state index in [-0.39, 0.29) is 6.04 Å². The van der Waals surface area contributed by atoms with Gasteiger partial charge in [-0.05, 0) is 25.6 Å². The molecular formula is C11H13N3S. The van der Waals surface area contributed by atoms with Gasteiger partial charge in [0.25, 0.3) is 0 Å². The number of hydrogen-bond donors (Lipinski definition) is 1. The Bertz CT molecular complexity index is 424. The quantitative estimate of drug-likeness (QED) is 0.859. The molecule has 15 heavy (non-hydrogen) atoms. The third-order valence-electron chi connectivity index (χ3n) is 2.19. The Hall–Kier alpha value is -1.26. The molecule has 0 aliphatic carbocycles. The van der Waals surface area contributed by atoms with Crippen LogP contribution in [-0.4, -0.2) is 17.0 Å². The van der Waals surface area contributed by atoms with Crippen LogP contribution in [-0.2, 0) is 0 Å². The predicted octanol–water partition coefficient (Wildman–Crippen LogP) is 2.16. The van der Waals surface area contributed by atoms with Gasteiger partial charge in [-0.2, -0.15) is 0 Å². The van der Waals surface area contributed by atoms with Crippen LogP contribution in [0.2, 0.25) is 0 Å². The Morgan fingerprint density at radius 3 is 2.87 bits per heavy atom. The topological polar surface area (TPSA) is 37.8 Å². The van der Waals surface area contributed by atoms with Crippen molar-refractivity contribution in [1.29, 1.82) is 0 Å². The van der Waals surface area contributed by atoms with Crippen LogP contribution in [0.4, 0.5) is 0 Å². The second kappa shape index (κ2) is 4.51. The summed E-state index contributed by atoms with van der Waals surface area (Å²) in [5.74, 6) is 0. The zero-order chi connectivity index (χ0) is 10.7. The second-order valence-corrected chi connectivity index (χ2v) is 4.22. The van der Waals surface area contributed by atoms with E-state index in [1.54, 1.807) is 17.5 Å². The van der Waals surface area contributed by atoms with Crippen LogP contribution in [0.5, 0.6) is 0 Å². The van der Waals surface area contributed by atoms with E-state index in [0.29, 0.717) is 0 Å². The highest BCUT2D eigenvalue weighted by molar-refractivity contribution is 7.09. The maximum atomic E-state index is 4.49. The third-order valence-corrected chi connectivity index (χ3v) is 3.22. The van der Waals surface area contributed by atoms with Crippen molar-refractivity contribution in [3.05, 3.63) is 46.2 Å². The molecule has 78 valence electrons. The monoisotopic (exact) mass is 219 g/mol. The van der Waals surface area contributed by atoms with Crippen molar-refractivity contribution in [3.8, 4) is 0 Å². The third kappa shape index (κ3) is 2.22. The van der Waals surface area contributed by atoms with Crippen LogP contribution in [0.25, 0.3) is 0 Å². The molecule has 4 heteroatoms. The van der Waals surface area contributed by atoms with Crippen molar-refractivity contribution in [2.75, 3.05) is 7.05 Å². The van der Waals surface area contributed by atoms with Crippen molar-refractivity contribution < 1.29 is 0 Å². The average Bonchev–Trinajstić information content (AvgIpc) is 2.68. The number of aryl methyl sites for hydroxylation is 1. The molecule has 1 unspecified atom stereocenters. The summed E-state index contributed by atoms with van der Waals surface area (Å²) in [5, 5.41) is 6.41. The van der Waals surface area contributed by atoms with Crippen LogP contribution in [0, 0.1) is 6.92 Å². The molecule has 0 aliphatic heterocycles. The first kappa shape index (κ1) is 10.3. The van der Waals surface area contributed by atoms with Gasteiger partial charge in [0.05, 0.1) is 6.04 Å². The minimum Gasteiger partial charge on any atom is -0.307 e. The lowest BCUT2D eigenvalue weighted by Gasteiger charge is -2.12. The van der Waals surface area contributed by atoms with Gasteiger partial charge in [-0.15, -0.1) is 11.3 Å². The number of rotatable bonds is 3. The Kier molecular flexibility index (Phi) is 3.08.